The number of halogens is 1. The molecule has 1 atom stereocenters. The second-order valence-electron chi connectivity index (χ2n) is 4.21. The van der Waals surface area contributed by atoms with Gasteiger partial charge in [-0.2, -0.15) is 0 Å². The van der Waals surface area contributed by atoms with Gasteiger partial charge >= 0.3 is 0 Å². The Kier molecular flexibility index (Phi) is 4.58. The second-order valence-corrected chi connectivity index (χ2v) is 5.42. The second kappa shape index (κ2) is 5.96. The first kappa shape index (κ1) is 12.3. The van der Waals surface area contributed by atoms with Crippen molar-refractivity contribution in [3.63, 3.8) is 0 Å². The predicted octanol–water partition coefficient (Wildman–Crippen LogP) is 2.35. The van der Waals surface area contributed by atoms with E-state index >= 15 is 0 Å². The summed E-state index contributed by atoms with van der Waals surface area (Å²) < 4.78 is 5.19. The molecule has 0 amide bonds. The van der Waals surface area contributed by atoms with Crippen molar-refractivity contribution in [3.8, 4) is 0 Å². The topological polar surface area (TPSA) is 25.4 Å². The van der Waals surface area contributed by atoms with Gasteiger partial charge in [-0.05, 0) is 18.9 Å². The SMILES string of the molecule is COCC1CCN(Cc2nc(CCl)cs2)C1. The lowest BCUT2D eigenvalue weighted by atomic mass is 10.1. The van der Waals surface area contributed by atoms with Crippen LogP contribution in [-0.4, -0.2) is 36.7 Å². The van der Waals surface area contributed by atoms with E-state index in [1.165, 1.54) is 11.4 Å². The Bertz CT molecular complexity index is 332. The molecule has 90 valence electrons. The predicted molar refractivity (Wildman–Crippen MR) is 66.9 cm³/mol. The van der Waals surface area contributed by atoms with Crippen LogP contribution in [0.5, 0.6) is 0 Å². The first-order valence-electron chi connectivity index (χ1n) is 5.52. The van der Waals surface area contributed by atoms with E-state index in [0.717, 1.165) is 31.9 Å². The molecule has 0 aliphatic carbocycles. The number of hydrogen-bond donors (Lipinski definition) is 0. The minimum atomic E-state index is 0.517. The first-order chi connectivity index (χ1) is 7.81. The van der Waals surface area contributed by atoms with E-state index in [1.54, 1.807) is 18.4 Å². The number of alkyl halides is 1. The van der Waals surface area contributed by atoms with E-state index in [-0.39, 0.29) is 0 Å². The highest BCUT2D eigenvalue weighted by atomic mass is 35.5. The highest BCUT2D eigenvalue weighted by Crippen LogP contribution is 2.20. The summed E-state index contributed by atoms with van der Waals surface area (Å²) in [6, 6.07) is 0. The Morgan fingerprint density at radius 1 is 1.69 bits per heavy atom. The molecule has 1 fully saturated rings. The molecule has 0 radical (unpaired) electrons. The summed E-state index contributed by atoms with van der Waals surface area (Å²) in [7, 11) is 1.77. The minimum absolute atomic E-state index is 0.517. The van der Waals surface area contributed by atoms with Crippen molar-refractivity contribution >= 4 is 22.9 Å². The van der Waals surface area contributed by atoms with Crippen LogP contribution >= 0.6 is 22.9 Å². The van der Waals surface area contributed by atoms with Crippen molar-refractivity contribution in [1.29, 1.82) is 0 Å². The number of methoxy groups -OCH3 is 1. The summed E-state index contributed by atoms with van der Waals surface area (Å²) >= 11 is 7.44. The van der Waals surface area contributed by atoms with Crippen LogP contribution in [0.25, 0.3) is 0 Å². The van der Waals surface area contributed by atoms with Crippen molar-refractivity contribution in [2.75, 3.05) is 26.8 Å². The van der Waals surface area contributed by atoms with Crippen LogP contribution in [0.3, 0.4) is 0 Å². The third-order valence-corrected chi connectivity index (χ3v) is 4.02. The number of nitrogens with zero attached hydrogens (tertiary/aromatic N) is 2. The van der Waals surface area contributed by atoms with Gasteiger partial charge in [0, 0.05) is 19.0 Å². The zero-order chi connectivity index (χ0) is 11.4. The molecule has 2 heterocycles. The van der Waals surface area contributed by atoms with Crippen LogP contribution < -0.4 is 0 Å². The molecule has 1 aromatic heterocycles. The molecule has 0 saturated carbocycles. The van der Waals surface area contributed by atoms with Crippen molar-refractivity contribution in [3.05, 3.63) is 16.1 Å². The summed E-state index contributed by atoms with van der Waals surface area (Å²) in [5, 5.41) is 3.22. The van der Waals surface area contributed by atoms with Crippen LogP contribution in [0.15, 0.2) is 5.38 Å². The third kappa shape index (κ3) is 3.17. The van der Waals surface area contributed by atoms with Gasteiger partial charge < -0.3 is 4.74 Å². The van der Waals surface area contributed by atoms with Gasteiger partial charge in [0.1, 0.15) is 5.01 Å². The van der Waals surface area contributed by atoms with Crippen molar-refractivity contribution < 1.29 is 4.74 Å². The highest BCUT2D eigenvalue weighted by molar-refractivity contribution is 7.09. The van der Waals surface area contributed by atoms with Gasteiger partial charge in [-0.15, -0.1) is 22.9 Å². The smallest absolute Gasteiger partial charge is 0.107 e. The molecule has 0 spiro atoms. The molecule has 1 aliphatic rings. The maximum Gasteiger partial charge on any atom is 0.107 e. The Morgan fingerprint density at radius 2 is 2.56 bits per heavy atom. The summed E-state index contributed by atoms with van der Waals surface area (Å²) in [6.45, 7) is 4.12. The Morgan fingerprint density at radius 3 is 3.25 bits per heavy atom. The normalized spacial score (nSPS) is 21.8. The fourth-order valence-electron chi connectivity index (χ4n) is 2.10. The molecule has 1 aromatic rings. The highest BCUT2D eigenvalue weighted by Gasteiger charge is 2.22. The maximum atomic E-state index is 5.74. The Balaban J connectivity index is 1.82. The lowest BCUT2D eigenvalue weighted by Gasteiger charge is -2.13. The van der Waals surface area contributed by atoms with E-state index in [1.807, 2.05) is 5.38 Å². The van der Waals surface area contributed by atoms with E-state index in [4.69, 9.17) is 16.3 Å². The average Bonchev–Trinajstić information content (AvgIpc) is 2.89. The number of hydrogen-bond acceptors (Lipinski definition) is 4. The quantitative estimate of drug-likeness (QED) is 0.760. The van der Waals surface area contributed by atoms with Gasteiger partial charge in [-0.1, -0.05) is 0 Å². The van der Waals surface area contributed by atoms with Gasteiger partial charge in [-0.3, -0.25) is 4.90 Å². The number of rotatable bonds is 5. The molecular weight excluding hydrogens is 244 g/mol. The maximum absolute atomic E-state index is 5.74. The first-order valence-corrected chi connectivity index (χ1v) is 6.93. The zero-order valence-electron chi connectivity index (χ0n) is 9.49. The van der Waals surface area contributed by atoms with Gasteiger partial charge in [0.25, 0.3) is 0 Å². The summed E-state index contributed by atoms with van der Waals surface area (Å²) in [5.74, 6) is 1.21. The average molecular weight is 261 g/mol. The van der Waals surface area contributed by atoms with Crippen LogP contribution in [0.1, 0.15) is 17.1 Å². The molecule has 5 heteroatoms. The molecule has 0 N–H and O–H groups in total. The Labute approximate surface area is 105 Å². The van der Waals surface area contributed by atoms with Gasteiger partial charge in [0.05, 0.1) is 24.7 Å². The van der Waals surface area contributed by atoms with Crippen LogP contribution in [-0.2, 0) is 17.2 Å². The van der Waals surface area contributed by atoms with Gasteiger partial charge in [0.2, 0.25) is 0 Å². The molecular formula is C11H17ClN2OS. The minimum Gasteiger partial charge on any atom is -0.384 e. The van der Waals surface area contributed by atoms with E-state index in [9.17, 15) is 0 Å². The van der Waals surface area contributed by atoms with E-state index in [2.05, 4.69) is 9.88 Å². The fraction of sp³-hybridized carbons (Fsp3) is 0.727. The van der Waals surface area contributed by atoms with Gasteiger partial charge in [-0.25, -0.2) is 4.98 Å². The third-order valence-electron chi connectivity index (χ3n) is 2.87. The largest absolute Gasteiger partial charge is 0.384 e. The lowest BCUT2D eigenvalue weighted by Crippen LogP contribution is -2.21. The van der Waals surface area contributed by atoms with Crippen LogP contribution in [0.2, 0.25) is 0 Å². The zero-order valence-corrected chi connectivity index (χ0v) is 11.1. The number of aromatic nitrogens is 1. The van der Waals surface area contributed by atoms with Crippen molar-refractivity contribution in [2.45, 2.75) is 18.8 Å². The number of thiazole rings is 1. The Hall–Kier alpha value is -0.160. The molecule has 3 nitrogen and oxygen atoms in total. The van der Waals surface area contributed by atoms with Gasteiger partial charge in [0.15, 0.2) is 0 Å². The number of likely N-dealkylation sites (tertiary alicyclic amines) is 1. The number of ether oxygens (including phenoxy) is 1. The van der Waals surface area contributed by atoms with E-state index in [0.29, 0.717) is 11.8 Å². The molecule has 0 aromatic carbocycles. The standard InChI is InChI=1S/C11H17ClN2OS/c1-15-7-9-2-3-14(5-9)6-11-13-10(4-12)8-16-11/h8-9H,2-7H2,1H3. The molecule has 1 aliphatic heterocycles. The molecule has 16 heavy (non-hydrogen) atoms. The van der Waals surface area contributed by atoms with Crippen LogP contribution in [0, 0.1) is 5.92 Å². The molecule has 2 rings (SSSR count). The van der Waals surface area contributed by atoms with E-state index < -0.39 is 0 Å². The summed E-state index contributed by atoms with van der Waals surface area (Å²) in [4.78, 5) is 6.92. The van der Waals surface area contributed by atoms with Crippen molar-refractivity contribution in [1.82, 2.24) is 9.88 Å². The van der Waals surface area contributed by atoms with Crippen molar-refractivity contribution in [2.24, 2.45) is 5.92 Å². The summed E-state index contributed by atoms with van der Waals surface area (Å²) in [6.07, 6.45) is 1.24. The lowest BCUT2D eigenvalue weighted by molar-refractivity contribution is 0.152. The summed E-state index contributed by atoms with van der Waals surface area (Å²) in [5.41, 5.74) is 0.995. The monoisotopic (exact) mass is 260 g/mol. The fourth-order valence-corrected chi connectivity index (χ4v) is 3.17. The molecule has 1 saturated heterocycles. The molecule has 0 bridgehead atoms. The van der Waals surface area contributed by atoms with Crippen LogP contribution in [0.4, 0.5) is 0 Å². The molecule has 1 unspecified atom stereocenters.